The van der Waals surface area contributed by atoms with E-state index in [1.165, 1.54) is 4.88 Å². The minimum absolute atomic E-state index is 0.0969. The third-order valence-corrected chi connectivity index (χ3v) is 5.94. The van der Waals surface area contributed by atoms with E-state index >= 15 is 0 Å². The number of benzene rings is 1. The molecule has 2 aromatic rings. The van der Waals surface area contributed by atoms with Gasteiger partial charge in [-0.15, -0.1) is 11.3 Å². The summed E-state index contributed by atoms with van der Waals surface area (Å²) in [4.78, 5) is 15.6. The summed E-state index contributed by atoms with van der Waals surface area (Å²) in [5.74, 6) is 1.37. The molecule has 1 atom stereocenters. The van der Waals surface area contributed by atoms with Crippen molar-refractivity contribution in [3.05, 3.63) is 46.3 Å². The zero-order valence-corrected chi connectivity index (χ0v) is 16.6. The number of anilines is 1. The molecule has 0 spiro atoms. The van der Waals surface area contributed by atoms with Crippen LogP contribution in [-0.4, -0.2) is 37.6 Å². The molecule has 6 heteroatoms. The Bertz CT molecular complexity index is 826. The van der Waals surface area contributed by atoms with Gasteiger partial charge in [0.1, 0.15) is 23.4 Å². The number of rotatable bonds is 7. The number of carbonyl (C=O) groups is 1. The number of amides is 1. The van der Waals surface area contributed by atoms with Crippen LogP contribution in [0.4, 0.5) is 5.00 Å². The molecule has 0 saturated heterocycles. The second-order valence-electron chi connectivity index (χ2n) is 7.12. The van der Waals surface area contributed by atoms with Crippen LogP contribution in [0.1, 0.15) is 29.3 Å². The van der Waals surface area contributed by atoms with Crippen molar-refractivity contribution >= 4 is 22.2 Å². The highest BCUT2D eigenvalue weighted by Crippen LogP contribution is 2.39. The van der Waals surface area contributed by atoms with Crippen molar-refractivity contribution in [1.82, 2.24) is 4.90 Å². The maximum atomic E-state index is 12.4. The van der Waals surface area contributed by atoms with Gasteiger partial charge >= 0.3 is 0 Å². The molecule has 1 aromatic carbocycles. The number of ether oxygens (including phenoxy) is 1. The van der Waals surface area contributed by atoms with Gasteiger partial charge in [-0.05, 0) is 49.9 Å². The van der Waals surface area contributed by atoms with E-state index in [0.717, 1.165) is 30.6 Å². The second-order valence-corrected chi connectivity index (χ2v) is 8.22. The van der Waals surface area contributed by atoms with Gasteiger partial charge in [0.05, 0.1) is 12.1 Å². The fourth-order valence-electron chi connectivity index (χ4n) is 3.28. The number of likely N-dealkylation sites (N-methyl/N-ethyl adjacent to an activating group) is 1. The lowest BCUT2D eigenvalue weighted by atomic mass is 9.89. The second kappa shape index (κ2) is 9.03. The lowest BCUT2D eigenvalue weighted by molar-refractivity contribution is -0.117. The lowest BCUT2D eigenvalue weighted by Crippen LogP contribution is -2.33. The number of hydrogen-bond donors (Lipinski definition) is 1. The Kier molecular flexibility index (Phi) is 6.49. The average molecular weight is 384 g/mol. The number of nitrogens with zero attached hydrogens (tertiary/aromatic N) is 2. The molecule has 0 fully saturated rings. The van der Waals surface area contributed by atoms with E-state index in [2.05, 4.69) is 18.3 Å². The van der Waals surface area contributed by atoms with Crippen LogP contribution in [-0.2, 0) is 17.6 Å². The first-order valence-corrected chi connectivity index (χ1v) is 10.1. The normalized spacial score (nSPS) is 15.9. The Balaban J connectivity index is 1.51. The predicted octanol–water partition coefficient (Wildman–Crippen LogP) is 3.69. The van der Waals surface area contributed by atoms with E-state index in [9.17, 15) is 10.1 Å². The van der Waals surface area contributed by atoms with Crippen molar-refractivity contribution < 1.29 is 9.53 Å². The first-order valence-electron chi connectivity index (χ1n) is 9.27. The molecule has 1 aliphatic carbocycles. The molecule has 1 aliphatic rings. The highest BCUT2D eigenvalue weighted by atomic mass is 32.1. The summed E-state index contributed by atoms with van der Waals surface area (Å²) in [6.45, 7) is 3.66. The van der Waals surface area contributed by atoms with E-state index in [-0.39, 0.29) is 12.5 Å². The fraction of sp³-hybridized carbons (Fsp3) is 0.429. The maximum absolute atomic E-state index is 12.4. The summed E-state index contributed by atoms with van der Waals surface area (Å²) in [6, 6.07) is 11.9. The van der Waals surface area contributed by atoms with Crippen LogP contribution in [0.3, 0.4) is 0 Å². The van der Waals surface area contributed by atoms with Gasteiger partial charge in [0.2, 0.25) is 5.91 Å². The van der Waals surface area contributed by atoms with Gasteiger partial charge in [0, 0.05) is 11.4 Å². The average Bonchev–Trinajstić information content (AvgIpc) is 2.98. The van der Waals surface area contributed by atoms with Gasteiger partial charge in [-0.3, -0.25) is 9.69 Å². The minimum atomic E-state index is -0.0969. The van der Waals surface area contributed by atoms with Crippen LogP contribution >= 0.6 is 11.3 Å². The summed E-state index contributed by atoms with van der Waals surface area (Å²) in [7, 11) is 1.89. The Labute approximate surface area is 164 Å². The highest BCUT2D eigenvalue weighted by Gasteiger charge is 2.24. The number of carbonyl (C=O) groups excluding carboxylic acids is 1. The largest absolute Gasteiger partial charge is 0.492 e. The third-order valence-electron chi connectivity index (χ3n) is 4.77. The summed E-state index contributed by atoms with van der Waals surface area (Å²) in [6.07, 6.45) is 3.04. The SMILES string of the molecule is C[C@H]1CCc2c(sc(NC(=O)CN(C)CCOc3ccccc3)c2C#N)C1. The van der Waals surface area contributed by atoms with E-state index < -0.39 is 0 Å². The number of nitriles is 1. The Morgan fingerprint density at radius 1 is 1.41 bits per heavy atom. The first kappa shape index (κ1) is 19.4. The Morgan fingerprint density at radius 2 is 2.19 bits per heavy atom. The smallest absolute Gasteiger partial charge is 0.239 e. The van der Waals surface area contributed by atoms with E-state index in [1.54, 1.807) is 11.3 Å². The monoisotopic (exact) mass is 383 g/mol. The summed E-state index contributed by atoms with van der Waals surface area (Å²) in [5, 5.41) is 13.2. The van der Waals surface area contributed by atoms with Gasteiger partial charge < -0.3 is 10.1 Å². The van der Waals surface area contributed by atoms with E-state index in [0.29, 0.717) is 29.6 Å². The summed E-state index contributed by atoms with van der Waals surface area (Å²) < 4.78 is 5.66. The third kappa shape index (κ3) is 5.09. The highest BCUT2D eigenvalue weighted by molar-refractivity contribution is 7.16. The van der Waals surface area contributed by atoms with Crippen molar-refractivity contribution in [2.75, 3.05) is 32.1 Å². The molecule has 1 N–H and O–H groups in total. The molecule has 0 saturated carbocycles. The van der Waals surface area contributed by atoms with Crippen molar-refractivity contribution in [1.29, 1.82) is 5.26 Å². The van der Waals surface area contributed by atoms with Gasteiger partial charge in [0.15, 0.2) is 0 Å². The van der Waals surface area contributed by atoms with Gasteiger partial charge in [-0.1, -0.05) is 25.1 Å². The molecule has 1 heterocycles. The number of nitrogens with one attached hydrogen (secondary N) is 1. The zero-order valence-electron chi connectivity index (χ0n) is 15.8. The van der Waals surface area contributed by atoms with Crippen LogP contribution in [0.2, 0.25) is 0 Å². The van der Waals surface area contributed by atoms with Gasteiger partial charge in [-0.2, -0.15) is 5.26 Å². The number of thiophene rings is 1. The molecule has 142 valence electrons. The van der Waals surface area contributed by atoms with Crippen LogP contribution in [0.25, 0.3) is 0 Å². The van der Waals surface area contributed by atoms with Crippen molar-refractivity contribution in [2.45, 2.75) is 26.2 Å². The summed E-state index contributed by atoms with van der Waals surface area (Å²) >= 11 is 1.56. The molecule has 1 amide bonds. The van der Waals surface area contributed by atoms with Gasteiger partial charge in [-0.25, -0.2) is 0 Å². The number of para-hydroxylation sites is 1. The molecule has 0 unspecified atom stereocenters. The molecule has 3 rings (SSSR count). The minimum Gasteiger partial charge on any atom is -0.492 e. The topological polar surface area (TPSA) is 65.4 Å². The number of hydrogen-bond acceptors (Lipinski definition) is 5. The van der Waals surface area contributed by atoms with Crippen LogP contribution in [0.5, 0.6) is 5.75 Å². The molecule has 1 aromatic heterocycles. The first-order chi connectivity index (χ1) is 13.1. The molecule has 5 nitrogen and oxygen atoms in total. The Morgan fingerprint density at radius 3 is 2.93 bits per heavy atom. The molecular weight excluding hydrogens is 358 g/mol. The van der Waals surface area contributed by atoms with E-state index in [4.69, 9.17) is 4.74 Å². The maximum Gasteiger partial charge on any atom is 0.239 e. The Hall–Kier alpha value is -2.36. The van der Waals surface area contributed by atoms with Crippen molar-refractivity contribution in [3.63, 3.8) is 0 Å². The van der Waals surface area contributed by atoms with Crippen molar-refractivity contribution in [3.8, 4) is 11.8 Å². The number of fused-ring (bicyclic) bond motifs is 1. The zero-order chi connectivity index (χ0) is 19.2. The fourth-order valence-corrected chi connectivity index (χ4v) is 4.66. The molecule has 27 heavy (non-hydrogen) atoms. The van der Waals surface area contributed by atoms with Crippen LogP contribution in [0, 0.1) is 17.2 Å². The van der Waals surface area contributed by atoms with Crippen LogP contribution in [0.15, 0.2) is 30.3 Å². The predicted molar refractivity (Wildman–Crippen MR) is 108 cm³/mol. The molecular formula is C21H25N3O2S. The van der Waals surface area contributed by atoms with Crippen LogP contribution < -0.4 is 10.1 Å². The van der Waals surface area contributed by atoms with Crippen molar-refractivity contribution in [2.24, 2.45) is 5.92 Å². The molecule has 0 bridgehead atoms. The molecule has 0 radical (unpaired) electrons. The van der Waals surface area contributed by atoms with E-state index in [1.807, 2.05) is 42.3 Å². The molecule has 0 aliphatic heterocycles. The lowest BCUT2D eigenvalue weighted by Gasteiger charge is -2.17. The van der Waals surface area contributed by atoms with Gasteiger partial charge in [0.25, 0.3) is 0 Å². The quantitative estimate of drug-likeness (QED) is 0.792. The summed E-state index contributed by atoms with van der Waals surface area (Å²) in [5.41, 5.74) is 1.80. The standard InChI is InChI=1S/C21H25N3O2S/c1-15-8-9-17-18(13-22)21(27-19(17)12-15)23-20(25)14-24(2)10-11-26-16-6-4-3-5-7-16/h3-7,15H,8-12,14H2,1-2H3,(H,23,25)/t15-/m0/s1.